The van der Waals surface area contributed by atoms with Gasteiger partial charge in [0.25, 0.3) is 0 Å². The zero-order valence-corrected chi connectivity index (χ0v) is 13.0. The fourth-order valence-electron chi connectivity index (χ4n) is 4.07. The van der Waals surface area contributed by atoms with E-state index in [-0.39, 0.29) is 0 Å². The Hall–Kier alpha value is -0.530. The average molecular weight is 292 g/mol. The van der Waals surface area contributed by atoms with Crippen molar-refractivity contribution in [1.29, 1.82) is 0 Å². The summed E-state index contributed by atoms with van der Waals surface area (Å²) in [4.78, 5) is 0. The molecule has 3 rings (SSSR count). The highest BCUT2D eigenvalue weighted by molar-refractivity contribution is 6.30. The van der Waals surface area contributed by atoms with Crippen LogP contribution in [0.4, 0.5) is 0 Å². The van der Waals surface area contributed by atoms with Gasteiger partial charge in [0.05, 0.1) is 0 Å². The van der Waals surface area contributed by atoms with Crippen LogP contribution in [0.3, 0.4) is 0 Å². The van der Waals surface area contributed by atoms with E-state index >= 15 is 0 Å². The molecule has 1 aliphatic heterocycles. The first-order valence-corrected chi connectivity index (χ1v) is 8.69. The van der Waals surface area contributed by atoms with Gasteiger partial charge >= 0.3 is 0 Å². The molecular weight excluding hydrogens is 266 g/mol. The number of hydrogen-bond donors (Lipinski definition) is 1. The highest BCUT2D eigenvalue weighted by atomic mass is 35.5. The zero-order chi connectivity index (χ0) is 13.8. The molecule has 1 aromatic rings. The van der Waals surface area contributed by atoms with Crippen LogP contribution in [0, 0.1) is 5.92 Å². The lowest BCUT2D eigenvalue weighted by Gasteiger charge is -2.33. The quantitative estimate of drug-likeness (QED) is 0.809. The van der Waals surface area contributed by atoms with Crippen molar-refractivity contribution in [2.24, 2.45) is 5.92 Å². The molecule has 1 nitrogen and oxygen atoms in total. The monoisotopic (exact) mass is 291 g/mol. The molecule has 110 valence electrons. The molecule has 0 bridgehead atoms. The minimum Gasteiger partial charge on any atom is -0.313 e. The number of benzene rings is 1. The first kappa shape index (κ1) is 14.4. The van der Waals surface area contributed by atoms with Crippen molar-refractivity contribution in [2.75, 3.05) is 6.54 Å². The smallest absolute Gasteiger partial charge is 0.0406 e. The van der Waals surface area contributed by atoms with Gasteiger partial charge in [0.2, 0.25) is 0 Å². The van der Waals surface area contributed by atoms with E-state index in [0.29, 0.717) is 12.0 Å². The third-order valence-corrected chi connectivity index (χ3v) is 5.45. The van der Waals surface area contributed by atoms with Crippen molar-refractivity contribution < 1.29 is 0 Å². The Bertz CT molecular complexity index is 402. The molecule has 2 heteroatoms. The second kappa shape index (κ2) is 6.95. The molecule has 0 radical (unpaired) electrons. The topological polar surface area (TPSA) is 12.0 Å². The normalized spacial score (nSPS) is 25.8. The highest BCUT2D eigenvalue weighted by Gasteiger charge is 2.28. The van der Waals surface area contributed by atoms with Crippen LogP contribution in [0.15, 0.2) is 24.3 Å². The molecule has 20 heavy (non-hydrogen) atoms. The number of hydrogen-bond acceptors (Lipinski definition) is 1. The highest BCUT2D eigenvalue weighted by Crippen LogP contribution is 2.37. The minimum atomic E-state index is 0.672. The van der Waals surface area contributed by atoms with Crippen molar-refractivity contribution >= 4 is 11.6 Å². The second-order valence-electron chi connectivity index (χ2n) is 6.60. The average Bonchev–Trinajstić information content (AvgIpc) is 3.00. The van der Waals surface area contributed by atoms with E-state index in [1.807, 2.05) is 0 Å². The van der Waals surface area contributed by atoms with Crippen LogP contribution in [0.1, 0.15) is 62.8 Å². The summed E-state index contributed by atoms with van der Waals surface area (Å²) in [5.41, 5.74) is 1.49. The van der Waals surface area contributed by atoms with Crippen LogP contribution in [-0.4, -0.2) is 12.6 Å². The van der Waals surface area contributed by atoms with E-state index in [1.54, 1.807) is 0 Å². The fourth-order valence-corrected chi connectivity index (χ4v) is 4.20. The van der Waals surface area contributed by atoms with E-state index in [9.17, 15) is 0 Å². The summed E-state index contributed by atoms with van der Waals surface area (Å²) in [6, 6.07) is 9.28. The summed E-state index contributed by atoms with van der Waals surface area (Å²) < 4.78 is 0. The summed E-state index contributed by atoms with van der Waals surface area (Å²) in [6.45, 7) is 1.19. The van der Waals surface area contributed by atoms with Crippen LogP contribution in [0.25, 0.3) is 0 Å². The number of rotatable bonds is 4. The summed E-state index contributed by atoms with van der Waals surface area (Å²) in [7, 11) is 0. The maximum Gasteiger partial charge on any atom is 0.0406 e. The van der Waals surface area contributed by atoms with Crippen molar-refractivity contribution in [3.05, 3.63) is 34.9 Å². The van der Waals surface area contributed by atoms with E-state index in [4.69, 9.17) is 11.6 Å². The van der Waals surface area contributed by atoms with Gasteiger partial charge in [-0.15, -0.1) is 0 Å². The van der Waals surface area contributed by atoms with Gasteiger partial charge in [-0.2, -0.15) is 0 Å². The van der Waals surface area contributed by atoms with Gasteiger partial charge in [-0.25, -0.2) is 0 Å². The summed E-state index contributed by atoms with van der Waals surface area (Å²) in [5, 5.41) is 4.63. The summed E-state index contributed by atoms with van der Waals surface area (Å²) in [5.74, 6) is 1.62. The molecule has 2 aliphatic rings. The minimum absolute atomic E-state index is 0.672. The lowest BCUT2D eigenvalue weighted by molar-refractivity contribution is 0.307. The molecule has 1 saturated carbocycles. The van der Waals surface area contributed by atoms with Gasteiger partial charge in [-0.1, -0.05) is 55.8 Å². The van der Waals surface area contributed by atoms with Gasteiger partial charge in [-0.05, 0) is 55.3 Å². The predicted molar refractivity (Wildman–Crippen MR) is 86.4 cm³/mol. The number of piperidine rings is 1. The second-order valence-corrected chi connectivity index (χ2v) is 7.04. The Kier molecular flexibility index (Phi) is 5.01. The third-order valence-electron chi connectivity index (χ3n) is 5.19. The summed E-state index contributed by atoms with van der Waals surface area (Å²) >= 11 is 6.06. The van der Waals surface area contributed by atoms with Crippen LogP contribution < -0.4 is 5.32 Å². The maximum atomic E-state index is 6.06. The molecule has 1 heterocycles. The van der Waals surface area contributed by atoms with Gasteiger partial charge in [0.15, 0.2) is 0 Å². The molecule has 2 atom stereocenters. The SMILES string of the molecule is Clc1ccc(C(CC2CCCC2)C2CCCCN2)cc1. The van der Waals surface area contributed by atoms with Crippen molar-refractivity contribution in [3.8, 4) is 0 Å². The van der Waals surface area contributed by atoms with E-state index in [2.05, 4.69) is 29.6 Å². The van der Waals surface area contributed by atoms with Crippen LogP contribution in [-0.2, 0) is 0 Å². The Morgan fingerprint density at radius 2 is 1.70 bits per heavy atom. The van der Waals surface area contributed by atoms with E-state index in [0.717, 1.165) is 10.9 Å². The summed E-state index contributed by atoms with van der Waals surface area (Å²) in [6.07, 6.45) is 11.2. The molecular formula is C18H26ClN. The zero-order valence-electron chi connectivity index (χ0n) is 12.3. The molecule has 0 aromatic heterocycles. The lowest BCUT2D eigenvalue weighted by atomic mass is 9.80. The molecule has 2 fully saturated rings. The Labute approximate surface area is 128 Å². The predicted octanol–water partition coefficient (Wildman–Crippen LogP) is 5.15. The first-order valence-electron chi connectivity index (χ1n) is 8.32. The van der Waals surface area contributed by atoms with Crippen LogP contribution in [0.2, 0.25) is 5.02 Å². The van der Waals surface area contributed by atoms with Gasteiger partial charge in [0.1, 0.15) is 0 Å². The van der Waals surface area contributed by atoms with Crippen LogP contribution >= 0.6 is 11.6 Å². The van der Waals surface area contributed by atoms with E-state index in [1.165, 1.54) is 63.5 Å². The molecule has 0 spiro atoms. The van der Waals surface area contributed by atoms with Gasteiger partial charge in [-0.3, -0.25) is 0 Å². The lowest BCUT2D eigenvalue weighted by Crippen LogP contribution is -2.39. The first-order chi connectivity index (χ1) is 9.83. The molecule has 1 aliphatic carbocycles. The standard InChI is InChI=1S/C18H26ClN/c19-16-10-8-15(9-11-16)17(13-14-5-1-2-6-14)18-7-3-4-12-20-18/h8-11,14,17-18,20H,1-7,12-13H2. The van der Waals surface area contributed by atoms with Crippen molar-refractivity contribution in [2.45, 2.75) is 63.3 Å². The Balaban J connectivity index is 1.75. The van der Waals surface area contributed by atoms with Gasteiger partial charge < -0.3 is 5.32 Å². The Morgan fingerprint density at radius 1 is 1.00 bits per heavy atom. The van der Waals surface area contributed by atoms with Crippen LogP contribution in [0.5, 0.6) is 0 Å². The third kappa shape index (κ3) is 3.56. The molecule has 1 aromatic carbocycles. The number of nitrogens with one attached hydrogen (secondary N) is 1. The number of halogens is 1. The molecule has 1 saturated heterocycles. The largest absolute Gasteiger partial charge is 0.313 e. The van der Waals surface area contributed by atoms with E-state index < -0.39 is 0 Å². The van der Waals surface area contributed by atoms with Gasteiger partial charge in [0, 0.05) is 11.1 Å². The molecule has 0 amide bonds. The Morgan fingerprint density at radius 3 is 2.35 bits per heavy atom. The fraction of sp³-hybridized carbons (Fsp3) is 0.667. The van der Waals surface area contributed by atoms with Crippen molar-refractivity contribution in [3.63, 3.8) is 0 Å². The molecule has 2 unspecified atom stereocenters. The van der Waals surface area contributed by atoms with Crippen molar-refractivity contribution in [1.82, 2.24) is 5.32 Å². The molecule has 1 N–H and O–H groups in total. The maximum absolute atomic E-state index is 6.06.